The summed E-state index contributed by atoms with van der Waals surface area (Å²) in [7, 11) is 0. The SMILES string of the molecule is CC(C)OC(=O)CC(C)(O)c1ccccc1. The summed E-state index contributed by atoms with van der Waals surface area (Å²) in [5.41, 5.74) is -0.455. The van der Waals surface area contributed by atoms with E-state index in [1.165, 1.54) is 0 Å². The monoisotopic (exact) mass is 222 g/mol. The van der Waals surface area contributed by atoms with Crippen molar-refractivity contribution in [3.8, 4) is 0 Å². The van der Waals surface area contributed by atoms with Gasteiger partial charge in [0.25, 0.3) is 0 Å². The van der Waals surface area contributed by atoms with Crippen molar-refractivity contribution >= 4 is 5.97 Å². The summed E-state index contributed by atoms with van der Waals surface area (Å²) in [6, 6.07) is 9.12. The lowest BCUT2D eigenvalue weighted by Crippen LogP contribution is -2.27. The number of esters is 1. The van der Waals surface area contributed by atoms with Crippen LogP contribution in [0.4, 0.5) is 0 Å². The Hall–Kier alpha value is -1.35. The van der Waals surface area contributed by atoms with Gasteiger partial charge in [-0.25, -0.2) is 0 Å². The van der Waals surface area contributed by atoms with Crippen molar-refractivity contribution in [2.45, 2.75) is 38.9 Å². The molecule has 0 aromatic heterocycles. The summed E-state index contributed by atoms with van der Waals surface area (Å²) in [5.74, 6) is -0.385. The fraction of sp³-hybridized carbons (Fsp3) is 0.462. The van der Waals surface area contributed by atoms with Crippen LogP contribution in [-0.2, 0) is 15.1 Å². The van der Waals surface area contributed by atoms with E-state index in [0.29, 0.717) is 0 Å². The Morgan fingerprint density at radius 3 is 2.44 bits per heavy atom. The number of benzene rings is 1. The predicted octanol–water partition coefficient (Wildman–Crippen LogP) is 2.24. The molecule has 1 aromatic carbocycles. The topological polar surface area (TPSA) is 46.5 Å². The van der Waals surface area contributed by atoms with Gasteiger partial charge in [0.15, 0.2) is 0 Å². The molecule has 0 radical (unpaired) electrons. The Morgan fingerprint density at radius 2 is 1.94 bits per heavy atom. The molecule has 0 aliphatic heterocycles. The van der Waals surface area contributed by atoms with Gasteiger partial charge in [-0.2, -0.15) is 0 Å². The van der Waals surface area contributed by atoms with Gasteiger partial charge in [0.1, 0.15) is 0 Å². The maximum atomic E-state index is 11.5. The van der Waals surface area contributed by atoms with E-state index < -0.39 is 5.60 Å². The lowest BCUT2D eigenvalue weighted by molar-refractivity contribution is -0.152. The van der Waals surface area contributed by atoms with Gasteiger partial charge in [-0.05, 0) is 26.3 Å². The second-order valence-electron chi connectivity index (χ2n) is 4.36. The molecule has 1 rings (SSSR count). The van der Waals surface area contributed by atoms with Crippen molar-refractivity contribution in [2.75, 3.05) is 0 Å². The van der Waals surface area contributed by atoms with Gasteiger partial charge >= 0.3 is 5.97 Å². The molecule has 0 aliphatic carbocycles. The van der Waals surface area contributed by atoms with Gasteiger partial charge in [0.2, 0.25) is 0 Å². The number of rotatable bonds is 4. The first-order chi connectivity index (χ1) is 7.42. The third-order valence-electron chi connectivity index (χ3n) is 2.25. The highest BCUT2D eigenvalue weighted by Gasteiger charge is 2.27. The van der Waals surface area contributed by atoms with Gasteiger partial charge < -0.3 is 9.84 Å². The van der Waals surface area contributed by atoms with E-state index >= 15 is 0 Å². The maximum absolute atomic E-state index is 11.5. The highest BCUT2D eigenvalue weighted by Crippen LogP contribution is 2.24. The number of carbonyl (C=O) groups is 1. The van der Waals surface area contributed by atoms with Crippen LogP contribution in [0.25, 0.3) is 0 Å². The van der Waals surface area contributed by atoms with Gasteiger partial charge in [-0.1, -0.05) is 30.3 Å². The van der Waals surface area contributed by atoms with Crippen LogP contribution in [0.2, 0.25) is 0 Å². The minimum Gasteiger partial charge on any atom is -0.463 e. The molecule has 0 aliphatic rings. The summed E-state index contributed by atoms with van der Waals surface area (Å²) in [6.07, 6.45) is -0.186. The summed E-state index contributed by atoms with van der Waals surface area (Å²) < 4.78 is 5.01. The second kappa shape index (κ2) is 5.12. The Kier molecular flexibility index (Phi) is 4.07. The Bertz CT molecular complexity index is 341. The Balaban J connectivity index is 2.69. The molecule has 3 heteroatoms. The third-order valence-corrected chi connectivity index (χ3v) is 2.25. The zero-order valence-electron chi connectivity index (χ0n) is 9.93. The van der Waals surface area contributed by atoms with Gasteiger partial charge in [-0.15, -0.1) is 0 Å². The van der Waals surface area contributed by atoms with Crippen molar-refractivity contribution in [2.24, 2.45) is 0 Å². The Morgan fingerprint density at radius 1 is 1.38 bits per heavy atom. The largest absolute Gasteiger partial charge is 0.463 e. The summed E-state index contributed by atoms with van der Waals surface area (Å²) in [4.78, 5) is 11.5. The fourth-order valence-electron chi connectivity index (χ4n) is 1.48. The lowest BCUT2D eigenvalue weighted by Gasteiger charge is -2.23. The van der Waals surface area contributed by atoms with Crippen molar-refractivity contribution < 1.29 is 14.6 Å². The maximum Gasteiger partial charge on any atom is 0.309 e. The van der Waals surface area contributed by atoms with Crippen LogP contribution in [0.15, 0.2) is 30.3 Å². The highest BCUT2D eigenvalue weighted by molar-refractivity contribution is 5.71. The first kappa shape index (κ1) is 12.7. The van der Waals surface area contributed by atoms with E-state index in [1.54, 1.807) is 32.9 Å². The smallest absolute Gasteiger partial charge is 0.309 e. The number of ether oxygens (including phenoxy) is 1. The third kappa shape index (κ3) is 3.66. The summed E-state index contributed by atoms with van der Waals surface area (Å²) >= 11 is 0. The molecule has 1 atom stereocenters. The second-order valence-corrected chi connectivity index (χ2v) is 4.36. The molecule has 1 aromatic rings. The highest BCUT2D eigenvalue weighted by atomic mass is 16.5. The molecule has 0 bridgehead atoms. The first-order valence-corrected chi connectivity index (χ1v) is 5.39. The average molecular weight is 222 g/mol. The van der Waals surface area contributed by atoms with Gasteiger partial charge in [-0.3, -0.25) is 4.79 Å². The molecular formula is C13H18O3. The van der Waals surface area contributed by atoms with Crippen LogP contribution in [0.3, 0.4) is 0 Å². The van der Waals surface area contributed by atoms with E-state index in [-0.39, 0.29) is 18.5 Å². The van der Waals surface area contributed by atoms with Crippen LogP contribution >= 0.6 is 0 Å². The molecule has 88 valence electrons. The normalized spacial score (nSPS) is 14.6. The van der Waals surface area contributed by atoms with E-state index in [9.17, 15) is 9.90 Å². The molecule has 1 unspecified atom stereocenters. The number of hydrogen-bond acceptors (Lipinski definition) is 3. The van der Waals surface area contributed by atoms with Crippen LogP contribution in [0.5, 0.6) is 0 Å². The molecular weight excluding hydrogens is 204 g/mol. The molecule has 0 fully saturated rings. The molecule has 3 nitrogen and oxygen atoms in total. The van der Waals surface area contributed by atoms with Crippen molar-refractivity contribution in [3.63, 3.8) is 0 Å². The first-order valence-electron chi connectivity index (χ1n) is 5.39. The molecule has 0 spiro atoms. The summed E-state index contributed by atoms with van der Waals surface area (Å²) in [6.45, 7) is 5.19. The van der Waals surface area contributed by atoms with Crippen molar-refractivity contribution in [3.05, 3.63) is 35.9 Å². The van der Waals surface area contributed by atoms with E-state index in [0.717, 1.165) is 5.56 Å². The zero-order valence-corrected chi connectivity index (χ0v) is 9.93. The van der Waals surface area contributed by atoms with Crippen LogP contribution in [0.1, 0.15) is 32.8 Å². The predicted molar refractivity (Wildman–Crippen MR) is 61.9 cm³/mol. The fourth-order valence-corrected chi connectivity index (χ4v) is 1.48. The van der Waals surface area contributed by atoms with Gasteiger partial charge in [0.05, 0.1) is 18.1 Å². The quantitative estimate of drug-likeness (QED) is 0.795. The van der Waals surface area contributed by atoms with Crippen LogP contribution in [-0.4, -0.2) is 17.2 Å². The lowest BCUT2D eigenvalue weighted by atomic mass is 9.93. The Labute approximate surface area is 96.1 Å². The van der Waals surface area contributed by atoms with Crippen molar-refractivity contribution in [1.29, 1.82) is 0 Å². The molecule has 0 heterocycles. The summed E-state index contributed by atoms with van der Waals surface area (Å²) in [5, 5.41) is 10.2. The zero-order chi connectivity index (χ0) is 12.2. The van der Waals surface area contributed by atoms with Crippen LogP contribution < -0.4 is 0 Å². The average Bonchev–Trinajstić information content (AvgIpc) is 2.16. The van der Waals surface area contributed by atoms with E-state index in [1.807, 2.05) is 18.2 Å². The molecule has 1 N–H and O–H groups in total. The standard InChI is InChI=1S/C13H18O3/c1-10(2)16-12(14)9-13(3,15)11-7-5-4-6-8-11/h4-8,10,15H,9H2,1-3H3. The van der Waals surface area contributed by atoms with Gasteiger partial charge in [0, 0.05) is 0 Å². The molecule has 0 amide bonds. The van der Waals surface area contributed by atoms with Crippen LogP contribution in [0, 0.1) is 0 Å². The number of aliphatic hydroxyl groups is 1. The minimum atomic E-state index is -1.17. The molecule has 0 saturated heterocycles. The molecule has 16 heavy (non-hydrogen) atoms. The molecule has 0 saturated carbocycles. The number of hydrogen-bond donors (Lipinski definition) is 1. The number of carbonyl (C=O) groups excluding carboxylic acids is 1. The minimum absolute atomic E-state index is 0.0325. The van der Waals surface area contributed by atoms with E-state index in [4.69, 9.17) is 4.74 Å². The van der Waals surface area contributed by atoms with Crippen molar-refractivity contribution in [1.82, 2.24) is 0 Å². The van der Waals surface area contributed by atoms with E-state index in [2.05, 4.69) is 0 Å².